The van der Waals surface area contributed by atoms with Crippen LogP contribution < -0.4 is 5.32 Å². The SMILES string of the molecule is O=C(O)c1ccc(Br)cc1NCC1CCCCC1O. The van der Waals surface area contributed by atoms with Gasteiger partial charge >= 0.3 is 5.97 Å². The monoisotopic (exact) mass is 327 g/mol. The number of aliphatic hydroxyl groups is 1. The summed E-state index contributed by atoms with van der Waals surface area (Å²) in [6, 6.07) is 5.05. The molecule has 2 atom stereocenters. The number of hydrogen-bond acceptors (Lipinski definition) is 3. The first-order valence-corrected chi connectivity index (χ1v) is 7.32. The standard InChI is InChI=1S/C14H18BrNO3/c15-10-5-6-11(14(18)19)12(7-10)16-8-9-3-1-2-4-13(9)17/h5-7,9,13,16-17H,1-4,8H2,(H,18,19). The van der Waals surface area contributed by atoms with Gasteiger partial charge in [0.05, 0.1) is 11.7 Å². The summed E-state index contributed by atoms with van der Waals surface area (Å²) in [4.78, 5) is 11.1. The van der Waals surface area contributed by atoms with Gasteiger partial charge in [0.1, 0.15) is 0 Å². The summed E-state index contributed by atoms with van der Waals surface area (Å²) in [7, 11) is 0. The van der Waals surface area contributed by atoms with Crippen molar-refractivity contribution in [1.82, 2.24) is 0 Å². The van der Waals surface area contributed by atoms with Gasteiger partial charge in [0.15, 0.2) is 0 Å². The van der Waals surface area contributed by atoms with E-state index in [0.29, 0.717) is 12.2 Å². The Bertz CT molecular complexity index is 464. The molecule has 1 aliphatic carbocycles. The molecule has 2 rings (SSSR count). The largest absolute Gasteiger partial charge is 0.478 e. The molecule has 2 unspecified atom stereocenters. The maximum atomic E-state index is 11.1. The summed E-state index contributed by atoms with van der Waals surface area (Å²) in [6.45, 7) is 0.609. The number of halogens is 1. The number of rotatable bonds is 4. The van der Waals surface area contributed by atoms with E-state index in [1.165, 1.54) is 0 Å². The number of carboxylic acid groups (broad SMARTS) is 1. The van der Waals surface area contributed by atoms with Gasteiger partial charge in [0, 0.05) is 22.6 Å². The number of benzene rings is 1. The van der Waals surface area contributed by atoms with Gasteiger partial charge in [-0.2, -0.15) is 0 Å². The zero-order valence-corrected chi connectivity index (χ0v) is 12.2. The fourth-order valence-electron chi connectivity index (χ4n) is 2.52. The van der Waals surface area contributed by atoms with Crippen LogP contribution >= 0.6 is 15.9 Å². The molecule has 0 bridgehead atoms. The lowest BCUT2D eigenvalue weighted by Gasteiger charge is -2.28. The Morgan fingerprint density at radius 1 is 1.37 bits per heavy atom. The fourth-order valence-corrected chi connectivity index (χ4v) is 2.88. The lowest BCUT2D eigenvalue weighted by atomic mass is 9.86. The van der Waals surface area contributed by atoms with Crippen molar-refractivity contribution in [3.63, 3.8) is 0 Å². The maximum Gasteiger partial charge on any atom is 0.337 e. The van der Waals surface area contributed by atoms with Crippen molar-refractivity contribution in [2.45, 2.75) is 31.8 Å². The van der Waals surface area contributed by atoms with Gasteiger partial charge in [0.25, 0.3) is 0 Å². The summed E-state index contributed by atoms with van der Waals surface area (Å²) in [5, 5.41) is 22.2. The Kier molecular flexibility index (Phi) is 4.82. The van der Waals surface area contributed by atoms with E-state index in [-0.39, 0.29) is 17.6 Å². The molecule has 1 aliphatic rings. The van der Waals surface area contributed by atoms with Crippen molar-refractivity contribution in [1.29, 1.82) is 0 Å². The van der Waals surface area contributed by atoms with Crippen LogP contribution in [0.1, 0.15) is 36.0 Å². The molecule has 1 fully saturated rings. The van der Waals surface area contributed by atoms with Crippen molar-refractivity contribution in [2.24, 2.45) is 5.92 Å². The molecule has 1 aromatic rings. The van der Waals surface area contributed by atoms with Crippen LogP contribution in [0.2, 0.25) is 0 Å². The van der Waals surface area contributed by atoms with Crippen molar-refractivity contribution < 1.29 is 15.0 Å². The van der Waals surface area contributed by atoms with Crippen molar-refractivity contribution in [3.05, 3.63) is 28.2 Å². The number of aromatic carboxylic acids is 1. The molecule has 0 spiro atoms. The van der Waals surface area contributed by atoms with E-state index >= 15 is 0 Å². The Morgan fingerprint density at radius 2 is 2.11 bits per heavy atom. The molecule has 3 N–H and O–H groups in total. The quantitative estimate of drug-likeness (QED) is 0.794. The van der Waals surface area contributed by atoms with Crippen molar-refractivity contribution in [2.75, 3.05) is 11.9 Å². The maximum absolute atomic E-state index is 11.1. The van der Waals surface area contributed by atoms with Gasteiger partial charge in [-0.25, -0.2) is 4.79 Å². The Hall–Kier alpha value is -1.07. The third kappa shape index (κ3) is 3.70. The van der Waals surface area contributed by atoms with E-state index in [2.05, 4.69) is 21.2 Å². The smallest absolute Gasteiger partial charge is 0.337 e. The van der Waals surface area contributed by atoms with Gasteiger partial charge < -0.3 is 15.5 Å². The third-order valence-corrected chi connectivity index (χ3v) is 4.13. The van der Waals surface area contributed by atoms with Crippen molar-refractivity contribution in [3.8, 4) is 0 Å². The van der Waals surface area contributed by atoms with Crippen LogP contribution in [0.15, 0.2) is 22.7 Å². The van der Waals surface area contributed by atoms with Gasteiger partial charge in [-0.3, -0.25) is 0 Å². The van der Waals surface area contributed by atoms with E-state index in [4.69, 9.17) is 5.11 Å². The molecule has 1 saturated carbocycles. The molecule has 104 valence electrons. The lowest BCUT2D eigenvalue weighted by Crippen LogP contribution is -2.30. The molecular formula is C14H18BrNO3. The summed E-state index contributed by atoms with van der Waals surface area (Å²) in [5.74, 6) is -0.742. The highest BCUT2D eigenvalue weighted by molar-refractivity contribution is 9.10. The first-order chi connectivity index (χ1) is 9.08. The molecule has 19 heavy (non-hydrogen) atoms. The number of carbonyl (C=O) groups is 1. The molecule has 0 amide bonds. The van der Waals surface area contributed by atoms with Gasteiger partial charge in [-0.05, 0) is 31.0 Å². The third-order valence-electron chi connectivity index (χ3n) is 3.64. The molecule has 0 saturated heterocycles. The average Bonchev–Trinajstić information content (AvgIpc) is 2.37. The van der Waals surface area contributed by atoms with Crippen LogP contribution in [0.4, 0.5) is 5.69 Å². The van der Waals surface area contributed by atoms with Crippen molar-refractivity contribution >= 4 is 27.6 Å². The van der Waals surface area contributed by atoms with Crippen LogP contribution in [0.25, 0.3) is 0 Å². The topological polar surface area (TPSA) is 69.6 Å². The second kappa shape index (κ2) is 6.39. The summed E-state index contributed by atoms with van der Waals surface area (Å²) < 4.78 is 0.837. The first-order valence-electron chi connectivity index (χ1n) is 6.52. The molecular weight excluding hydrogens is 310 g/mol. The normalized spacial score (nSPS) is 23.1. The molecule has 0 heterocycles. The number of hydrogen-bond donors (Lipinski definition) is 3. The second-order valence-corrected chi connectivity index (χ2v) is 5.90. The van der Waals surface area contributed by atoms with E-state index in [1.807, 2.05) is 0 Å². The number of nitrogens with one attached hydrogen (secondary N) is 1. The van der Waals surface area contributed by atoms with Crippen LogP contribution in [-0.4, -0.2) is 28.8 Å². The fraction of sp³-hybridized carbons (Fsp3) is 0.500. The summed E-state index contributed by atoms with van der Waals surface area (Å²) in [5.41, 5.74) is 0.855. The molecule has 0 aromatic heterocycles. The molecule has 0 radical (unpaired) electrons. The Morgan fingerprint density at radius 3 is 2.79 bits per heavy atom. The number of aliphatic hydroxyl groups excluding tert-OH is 1. The highest BCUT2D eigenvalue weighted by Crippen LogP contribution is 2.26. The first kappa shape index (κ1) is 14.3. The Labute approximate surface area is 121 Å². The van der Waals surface area contributed by atoms with Gasteiger partial charge in [0.2, 0.25) is 0 Å². The summed E-state index contributed by atoms with van der Waals surface area (Å²) >= 11 is 3.34. The Balaban J connectivity index is 2.05. The van der Waals surface area contributed by atoms with Gasteiger partial charge in [-0.15, -0.1) is 0 Å². The van der Waals surface area contributed by atoms with E-state index in [1.54, 1.807) is 18.2 Å². The number of carboxylic acids is 1. The zero-order valence-electron chi connectivity index (χ0n) is 10.6. The van der Waals surface area contributed by atoms with Crippen LogP contribution in [0, 0.1) is 5.92 Å². The molecule has 0 aliphatic heterocycles. The van der Waals surface area contributed by atoms with Gasteiger partial charge in [-0.1, -0.05) is 28.8 Å². The minimum Gasteiger partial charge on any atom is -0.478 e. The minimum atomic E-state index is -0.945. The average molecular weight is 328 g/mol. The molecule has 5 heteroatoms. The predicted molar refractivity (Wildman–Crippen MR) is 77.6 cm³/mol. The minimum absolute atomic E-state index is 0.203. The lowest BCUT2D eigenvalue weighted by molar-refractivity contribution is 0.0697. The zero-order chi connectivity index (χ0) is 13.8. The van der Waals surface area contributed by atoms with Crippen LogP contribution in [0.5, 0.6) is 0 Å². The highest BCUT2D eigenvalue weighted by atomic mass is 79.9. The second-order valence-electron chi connectivity index (χ2n) is 4.99. The van der Waals surface area contributed by atoms with E-state index in [0.717, 1.165) is 30.2 Å². The highest BCUT2D eigenvalue weighted by Gasteiger charge is 2.23. The predicted octanol–water partition coefficient (Wildman–Crippen LogP) is 3.11. The van der Waals surface area contributed by atoms with E-state index in [9.17, 15) is 9.90 Å². The summed E-state index contributed by atoms with van der Waals surface area (Å²) in [6.07, 6.45) is 3.77. The number of anilines is 1. The molecule has 1 aromatic carbocycles. The van der Waals surface area contributed by atoms with Crippen LogP contribution in [-0.2, 0) is 0 Å². The molecule has 4 nitrogen and oxygen atoms in total. The van der Waals surface area contributed by atoms with Crippen LogP contribution in [0.3, 0.4) is 0 Å². The van der Waals surface area contributed by atoms with E-state index < -0.39 is 5.97 Å².